The molecule has 1 atom stereocenters. The molecule has 3 aliphatic rings. The van der Waals surface area contributed by atoms with Gasteiger partial charge in [0.25, 0.3) is 0 Å². The summed E-state index contributed by atoms with van der Waals surface area (Å²) in [5.74, 6) is 1.82. The minimum absolute atomic E-state index is 0.243. The van der Waals surface area contributed by atoms with Crippen LogP contribution in [-0.2, 0) is 18.4 Å². The summed E-state index contributed by atoms with van der Waals surface area (Å²) in [6, 6.07) is 0.654. The average Bonchev–Trinajstić information content (AvgIpc) is 3.34. The Morgan fingerprint density at radius 3 is 2.54 bits per heavy atom. The lowest BCUT2D eigenvalue weighted by Gasteiger charge is -2.42. The van der Waals surface area contributed by atoms with E-state index in [0.717, 1.165) is 51.5 Å². The summed E-state index contributed by atoms with van der Waals surface area (Å²) in [5, 5.41) is 0. The van der Waals surface area contributed by atoms with E-state index in [-0.39, 0.29) is 5.92 Å². The zero-order valence-corrected chi connectivity index (χ0v) is 16.1. The van der Waals surface area contributed by atoms with Crippen molar-refractivity contribution in [2.45, 2.75) is 51.1 Å². The Kier molecular flexibility index (Phi) is 5.60. The first-order chi connectivity index (χ1) is 12.7. The Labute approximate surface area is 157 Å². The molecule has 0 saturated carbocycles. The Hall–Kier alpha value is -1.40. The van der Waals surface area contributed by atoms with E-state index in [1.165, 1.54) is 38.6 Å². The summed E-state index contributed by atoms with van der Waals surface area (Å²) in [5.41, 5.74) is 0. The monoisotopic (exact) mass is 359 g/mol. The van der Waals surface area contributed by atoms with Crippen molar-refractivity contribution in [1.29, 1.82) is 0 Å². The van der Waals surface area contributed by atoms with E-state index in [9.17, 15) is 4.79 Å². The van der Waals surface area contributed by atoms with Crippen molar-refractivity contribution in [3.05, 3.63) is 18.2 Å². The van der Waals surface area contributed by atoms with E-state index in [1.807, 2.05) is 12.4 Å². The van der Waals surface area contributed by atoms with Crippen LogP contribution in [0.3, 0.4) is 0 Å². The normalized spacial score (nSPS) is 26.5. The molecule has 26 heavy (non-hydrogen) atoms. The van der Waals surface area contributed by atoms with Crippen LogP contribution in [0.1, 0.15) is 44.3 Å². The number of carbonyl (C=O) groups excluding carboxylic acids is 1. The van der Waals surface area contributed by atoms with E-state index in [4.69, 9.17) is 0 Å². The number of amides is 1. The largest absolute Gasteiger partial charge is 0.342 e. The molecule has 0 aromatic carbocycles. The van der Waals surface area contributed by atoms with Crippen LogP contribution in [0.15, 0.2) is 12.4 Å². The Morgan fingerprint density at radius 2 is 1.85 bits per heavy atom. The lowest BCUT2D eigenvalue weighted by Crippen LogP contribution is -2.51. The molecule has 144 valence electrons. The number of carbonyl (C=O) groups is 1. The van der Waals surface area contributed by atoms with Gasteiger partial charge >= 0.3 is 0 Å². The number of hydrogen-bond donors (Lipinski definition) is 0. The summed E-state index contributed by atoms with van der Waals surface area (Å²) in [6.45, 7) is 7.36. The van der Waals surface area contributed by atoms with Gasteiger partial charge in [-0.2, -0.15) is 0 Å². The fourth-order valence-corrected chi connectivity index (χ4v) is 4.93. The minimum atomic E-state index is 0.243. The zero-order chi connectivity index (χ0) is 17.9. The third-order valence-electron chi connectivity index (χ3n) is 6.58. The number of rotatable bonds is 4. The van der Waals surface area contributed by atoms with Crippen molar-refractivity contribution >= 4 is 5.91 Å². The molecule has 6 heteroatoms. The van der Waals surface area contributed by atoms with Gasteiger partial charge in [0.05, 0.1) is 12.5 Å². The second kappa shape index (κ2) is 8.09. The fraction of sp³-hybridized carbons (Fsp3) is 0.800. The van der Waals surface area contributed by atoms with Crippen LogP contribution in [-0.4, -0.2) is 75.5 Å². The standard InChI is InChI=1S/C20H33N5O/c1-22-14-8-21-19(22)16-23-12-6-18(7-13-23)25-11-4-5-17(15-25)20(26)24-9-2-3-10-24/h8,14,17-18H,2-7,9-13,15-16H2,1H3/t17-/m0/s1. The molecule has 3 saturated heterocycles. The van der Waals surface area contributed by atoms with Gasteiger partial charge in [-0.1, -0.05) is 0 Å². The molecular weight excluding hydrogens is 326 g/mol. The van der Waals surface area contributed by atoms with E-state index in [1.54, 1.807) is 0 Å². The number of nitrogens with zero attached hydrogens (tertiary/aromatic N) is 5. The Balaban J connectivity index is 1.27. The molecular formula is C20H33N5O. The minimum Gasteiger partial charge on any atom is -0.342 e. The molecule has 1 amide bonds. The highest BCUT2D eigenvalue weighted by Crippen LogP contribution is 2.26. The summed E-state index contributed by atoms with van der Waals surface area (Å²) in [4.78, 5) is 24.5. The molecule has 1 aromatic heterocycles. The highest BCUT2D eigenvalue weighted by Gasteiger charge is 2.34. The molecule has 0 N–H and O–H groups in total. The van der Waals surface area contributed by atoms with Gasteiger partial charge in [0.1, 0.15) is 5.82 Å². The third-order valence-corrected chi connectivity index (χ3v) is 6.58. The van der Waals surface area contributed by atoms with Crippen molar-refractivity contribution < 1.29 is 4.79 Å². The van der Waals surface area contributed by atoms with Crippen LogP contribution >= 0.6 is 0 Å². The molecule has 4 rings (SSSR count). The molecule has 0 spiro atoms. The first-order valence-electron chi connectivity index (χ1n) is 10.4. The smallest absolute Gasteiger partial charge is 0.226 e. The van der Waals surface area contributed by atoms with Crippen LogP contribution in [0.4, 0.5) is 0 Å². The van der Waals surface area contributed by atoms with E-state index in [2.05, 4.69) is 31.3 Å². The van der Waals surface area contributed by atoms with Gasteiger partial charge in [-0.25, -0.2) is 4.98 Å². The fourth-order valence-electron chi connectivity index (χ4n) is 4.93. The van der Waals surface area contributed by atoms with Crippen molar-refractivity contribution in [2.24, 2.45) is 13.0 Å². The SMILES string of the molecule is Cn1ccnc1CN1CCC(N2CCC[C@H](C(=O)N3CCCC3)C2)CC1. The van der Waals surface area contributed by atoms with Crippen molar-refractivity contribution in [3.8, 4) is 0 Å². The molecule has 0 bridgehead atoms. The second-order valence-electron chi connectivity index (χ2n) is 8.33. The maximum absolute atomic E-state index is 12.8. The van der Waals surface area contributed by atoms with Crippen LogP contribution in [0.5, 0.6) is 0 Å². The van der Waals surface area contributed by atoms with Gasteiger partial charge in [0.2, 0.25) is 5.91 Å². The lowest BCUT2D eigenvalue weighted by atomic mass is 9.93. The maximum Gasteiger partial charge on any atom is 0.226 e. The van der Waals surface area contributed by atoms with Gasteiger partial charge in [-0.15, -0.1) is 0 Å². The molecule has 0 radical (unpaired) electrons. The molecule has 6 nitrogen and oxygen atoms in total. The predicted molar refractivity (Wildman–Crippen MR) is 102 cm³/mol. The number of aryl methyl sites for hydroxylation is 1. The molecule has 1 aromatic rings. The average molecular weight is 360 g/mol. The van der Waals surface area contributed by atoms with Crippen LogP contribution < -0.4 is 0 Å². The second-order valence-corrected chi connectivity index (χ2v) is 8.33. The highest BCUT2D eigenvalue weighted by atomic mass is 16.2. The third kappa shape index (κ3) is 3.96. The van der Waals surface area contributed by atoms with Crippen molar-refractivity contribution in [3.63, 3.8) is 0 Å². The summed E-state index contributed by atoms with van der Waals surface area (Å²) < 4.78 is 2.12. The molecule has 3 fully saturated rings. The van der Waals surface area contributed by atoms with Crippen LogP contribution in [0.2, 0.25) is 0 Å². The van der Waals surface area contributed by atoms with E-state index in [0.29, 0.717) is 11.9 Å². The topological polar surface area (TPSA) is 44.6 Å². The van der Waals surface area contributed by atoms with Gasteiger partial charge in [0.15, 0.2) is 0 Å². The molecule has 0 aliphatic carbocycles. The van der Waals surface area contributed by atoms with Gasteiger partial charge in [0, 0.05) is 58.2 Å². The van der Waals surface area contributed by atoms with E-state index >= 15 is 0 Å². The maximum atomic E-state index is 12.8. The van der Waals surface area contributed by atoms with Crippen molar-refractivity contribution in [1.82, 2.24) is 24.3 Å². The first-order valence-corrected chi connectivity index (χ1v) is 10.4. The van der Waals surface area contributed by atoms with Crippen molar-refractivity contribution in [2.75, 3.05) is 39.3 Å². The molecule has 0 unspecified atom stereocenters. The Bertz CT molecular complexity index is 601. The summed E-state index contributed by atoms with van der Waals surface area (Å²) >= 11 is 0. The number of hydrogen-bond acceptors (Lipinski definition) is 4. The molecule has 3 aliphatic heterocycles. The number of likely N-dealkylation sites (tertiary alicyclic amines) is 3. The van der Waals surface area contributed by atoms with Crippen LogP contribution in [0, 0.1) is 5.92 Å². The van der Waals surface area contributed by atoms with Gasteiger partial charge < -0.3 is 9.47 Å². The zero-order valence-electron chi connectivity index (χ0n) is 16.1. The number of imidazole rings is 1. The summed E-state index contributed by atoms with van der Waals surface area (Å²) in [6.07, 6.45) is 11.0. The van der Waals surface area contributed by atoms with Crippen LogP contribution in [0.25, 0.3) is 0 Å². The Morgan fingerprint density at radius 1 is 1.08 bits per heavy atom. The number of piperidine rings is 2. The molecule has 4 heterocycles. The quantitative estimate of drug-likeness (QED) is 0.821. The first kappa shape index (κ1) is 18.0. The van der Waals surface area contributed by atoms with Gasteiger partial charge in [-0.3, -0.25) is 14.6 Å². The highest BCUT2D eigenvalue weighted by molar-refractivity contribution is 5.79. The number of aromatic nitrogens is 2. The lowest BCUT2D eigenvalue weighted by molar-refractivity contribution is -0.136. The van der Waals surface area contributed by atoms with E-state index < -0.39 is 0 Å². The van der Waals surface area contributed by atoms with Gasteiger partial charge in [-0.05, 0) is 45.1 Å². The predicted octanol–water partition coefficient (Wildman–Crippen LogP) is 1.72. The summed E-state index contributed by atoms with van der Waals surface area (Å²) in [7, 11) is 2.07.